The fourth-order valence-corrected chi connectivity index (χ4v) is 0.977. The molecule has 1 aromatic heterocycles. The van der Waals surface area contributed by atoms with Gasteiger partial charge in [-0.1, -0.05) is 6.07 Å². The first kappa shape index (κ1) is 10.5. The number of nitrogens with zero attached hydrogens (tertiary/aromatic N) is 2. The molecule has 0 N–H and O–H groups in total. The topological polar surface area (TPSA) is 34.4 Å². The molecular weight excluding hydrogens is 197 g/mol. The van der Waals surface area contributed by atoms with Crippen molar-refractivity contribution in [2.75, 3.05) is 0 Å². The summed E-state index contributed by atoms with van der Waals surface area (Å²) in [5.74, 6) is 0. The lowest BCUT2D eigenvalue weighted by atomic mass is 10.2. The number of halogens is 3. The number of rotatable bonds is 1. The van der Waals surface area contributed by atoms with Gasteiger partial charge in [0.2, 0.25) is 0 Å². The third-order valence-corrected chi connectivity index (χ3v) is 1.68. The van der Waals surface area contributed by atoms with Crippen LogP contribution in [0.1, 0.15) is 11.3 Å². The molecule has 0 aromatic carbocycles. The summed E-state index contributed by atoms with van der Waals surface area (Å²) in [5.41, 5.74) is -1.75. The maximum Gasteiger partial charge on any atom is 0.433 e. The largest absolute Gasteiger partial charge is 0.433 e. The van der Waals surface area contributed by atoms with Crippen LogP contribution in [0.4, 0.5) is 13.2 Å². The number of pyridine rings is 1. The molecule has 0 saturated carbocycles. The van der Waals surface area contributed by atoms with Gasteiger partial charge in [-0.05, 0) is 13.0 Å². The molecule has 0 amide bonds. The molecule has 3 nitrogen and oxygen atoms in total. The molecule has 0 aliphatic rings. The molecule has 0 radical (unpaired) electrons. The van der Waals surface area contributed by atoms with Gasteiger partial charge in [-0.25, -0.2) is 0 Å². The molecule has 14 heavy (non-hydrogen) atoms. The zero-order chi connectivity index (χ0) is 10.9. The first-order chi connectivity index (χ1) is 6.38. The zero-order valence-electron chi connectivity index (χ0n) is 7.30. The molecule has 1 heterocycles. The summed E-state index contributed by atoms with van der Waals surface area (Å²) in [6, 6.07) is 1.90. The van der Waals surface area contributed by atoms with Crippen LogP contribution in [0.5, 0.6) is 0 Å². The van der Waals surface area contributed by atoms with Crippen LogP contribution in [-0.4, -0.2) is 11.4 Å². The van der Waals surface area contributed by atoms with Gasteiger partial charge in [-0.2, -0.15) is 22.9 Å². The molecule has 0 aliphatic carbocycles. The predicted molar refractivity (Wildman–Crippen MR) is 45.4 cm³/mol. The van der Waals surface area contributed by atoms with E-state index in [0.717, 1.165) is 12.1 Å². The van der Waals surface area contributed by atoms with E-state index in [9.17, 15) is 18.0 Å². The quantitative estimate of drug-likeness (QED) is 0.640. The molecule has 0 saturated heterocycles. The van der Waals surface area contributed by atoms with Crippen molar-refractivity contribution in [2.45, 2.75) is 13.1 Å². The van der Waals surface area contributed by atoms with E-state index < -0.39 is 17.4 Å². The van der Waals surface area contributed by atoms with E-state index in [1.165, 1.54) is 6.92 Å². The Kier molecular flexibility index (Phi) is 2.46. The first-order valence-electron chi connectivity index (χ1n) is 3.65. The van der Waals surface area contributed by atoms with Gasteiger partial charge in [0.25, 0.3) is 5.56 Å². The van der Waals surface area contributed by atoms with Gasteiger partial charge in [-0.15, -0.1) is 0 Å². The molecule has 0 bridgehead atoms. The maximum atomic E-state index is 12.3. The van der Waals surface area contributed by atoms with Crippen molar-refractivity contribution in [3.63, 3.8) is 0 Å². The lowest BCUT2D eigenvalue weighted by molar-refractivity contribution is -0.143. The van der Waals surface area contributed by atoms with Crippen molar-refractivity contribution < 1.29 is 13.2 Å². The highest BCUT2D eigenvalue weighted by Gasteiger charge is 2.34. The highest BCUT2D eigenvalue weighted by atomic mass is 19.4. The smallest absolute Gasteiger partial charge is 0.267 e. The van der Waals surface area contributed by atoms with Gasteiger partial charge in [0.1, 0.15) is 5.69 Å². The van der Waals surface area contributed by atoms with Crippen molar-refractivity contribution in [2.24, 2.45) is 5.10 Å². The summed E-state index contributed by atoms with van der Waals surface area (Å²) in [5, 5.41) is 3.03. The van der Waals surface area contributed by atoms with Crippen molar-refractivity contribution in [1.82, 2.24) is 4.68 Å². The SMILES string of the molecule is C=Nn1c(C(F)(F)F)ccc(C)c1=O. The first-order valence-corrected chi connectivity index (χ1v) is 3.65. The fourth-order valence-electron chi connectivity index (χ4n) is 0.977. The number of alkyl halides is 3. The van der Waals surface area contributed by atoms with E-state index in [2.05, 4.69) is 11.8 Å². The average Bonchev–Trinajstić information content (AvgIpc) is 2.07. The zero-order valence-corrected chi connectivity index (χ0v) is 7.30. The molecule has 0 fully saturated rings. The van der Waals surface area contributed by atoms with E-state index in [1.807, 2.05) is 0 Å². The van der Waals surface area contributed by atoms with E-state index in [0.29, 0.717) is 0 Å². The van der Waals surface area contributed by atoms with Gasteiger partial charge < -0.3 is 0 Å². The normalized spacial score (nSPS) is 11.4. The van der Waals surface area contributed by atoms with Crippen molar-refractivity contribution in [3.8, 4) is 0 Å². The van der Waals surface area contributed by atoms with Crippen LogP contribution in [0.2, 0.25) is 0 Å². The summed E-state index contributed by atoms with van der Waals surface area (Å²) in [7, 11) is 0. The second kappa shape index (κ2) is 3.28. The Morgan fingerprint density at radius 3 is 2.43 bits per heavy atom. The van der Waals surface area contributed by atoms with Crippen LogP contribution >= 0.6 is 0 Å². The minimum Gasteiger partial charge on any atom is -0.267 e. The van der Waals surface area contributed by atoms with Crippen LogP contribution < -0.4 is 5.56 Å². The molecule has 76 valence electrons. The third-order valence-electron chi connectivity index (χ3n) is 1.68. The van der Waals surface area contributed by atoms with E-state index in [1.54, 1.807) is 0 Å². The number of hydrogen-bond donors (Lipinski definition) is 0. The molecule has 1 rings (SSSR count). The van der Waals surface area contributed by atoms with Gasteiger partial charge in [0.05, 0.1) is 0 Å². The Morgan fingerprint density at radius 1 is 1.43 bits per heavy atom. The molecular formula is C8H7F3N2O. The van der Waals surface area contributed by atoms with Crippen LogP contribution in [0.3, 0.4) is 0 Å². The Labute approximate surface area is 77.5 Å². The molecule has 6 heteroatoms. The summed E-state index contributed by atoms with van der Waals surface area (Å²) in [4.78, 5) is 11.2. The maximum absolute atomic E-state index is 12.3. The van der Waals surface area contributed by atoms with E-state index in [4.69, 9.17) is 0 Å². The average molecular weight is 204 g/mol. The highest BCUT2D eigenvalue weighted by molar-refractivity contribution is 5.25. The van der Waals surface area contributed by atoms with E-state index in [-0.39, 0.29) is 10.2 Å². The Morgan fingerprint density at radius 2 is 2.00 bits per heavy atom. The molecule has 0 unspecified atom stereocenters. The minimum absolute atomic E-state index is 0.186. The lowest BCUT2D eigenvalue weighted by Crippen LogP contribution is -2.26. The summed E-state index contributed by atoms with van der Waals surface area (Å²) in [6.07, 6.45) is -4.60. The van der Waals surface area contributed by atoms with Gasteiger partial charge in [0, 0.05) is 12.3 Å². The lowest BCUT2D eigenvalue weighted by Gasteiger charge is -2.10. The Bertz CT molecular complexity index is 420. The standard InChI is InChI=1S/C8H7F3N2O/c1-5-3-4-6(8(9,10)11)13(12-2)7(5)14/h3-4H,2H2,1H3. The van der Waals surface area contributed by atoms with Crippen LogP contribution in [-0.2, 0) is 6.18 Å². The number of aryl methyl sites for hydroxylation is 1. The second-order valence-corrected chi connectivity index (χ2v) is 2.66. The van der Waals surface area contributed by atoms with Crippen LogP contribution in [0.15, 0.2) is 22.0 Å². The van der Waals surface area contributed by atoms with Crippen molar-refractivity contribution >= 4 is 6.72 Å². The van der Waals surface area contributed by atoms with Crippen LogP contribution in [0, 0.1) is 6.92 Å². The third kappa shape index (κ3) is 1.68. The second-order valence-electron chi connectivity index (χ2n) is 2.66. The number of aromatic nitrogens is 1. The molecule has 0 spiro atoms. The minimum atomic E-state index is -4.60. The van der Waals surface area contributed by atoms with Gasteiger partial charge >= 0.3 is 6.18 Å². The Balaban J connectivity index is 3.55. The van der Waals surface area contributed by atoms with Crippen LogP contribution in [0.25, 0.3) is 0 Å². The van der Waals surface area contributed by atoms with E-state index >= 15 is 0 Å². The summed E-state index contributed by atoms with van der Waals surface area (Å²) < 4.78 is 37.1. The van der Waals surface area contributed by atoms with Gasteiger partial charge in [-0.3, -0.25) is 4.79 Å². The fraction of sp³-hybridized carbons (Fsp3) is 0.250. The highest BCUT2D eigenvalue weighted by Crippen LogP contribution is 2.28. The molecule has 1 aromatic rings. The molecule has 0 atom stereocenters. The summed E-state index contributed by atoms with van der Waals surface area (Å²) in [6.45, 7) is 4.33. The molecule has 0 aliphatic heterocycles. The predicted octanol–water partition coefficient (Wildman–Crippen LogP) is 1.64. The number of hydrogen-bond acceptors (Lipinski definition) is 2. The van der Waals surface area contributed by atoms with Gasteiger partial charge in [0.15, 0.2) is 0 Å². The summed E-state index contributed by atoms with van der Waals surface area (Å²) >= 11 is 0. The Hall–Kier alpha value is -1.59. The van der Waals surface area contributed by atoms with Crippen molar-refractivity contribution in [1.29, 1.82) is 0 Å². The monoisotopic (exact) mass is 204 g/mol. The van der Waals surface area contributed by atoms with Crippen molar-refractivity contribution in [3.05, 3.63) is 33.7 Å².